The van der Waals surface area contributed by atoms with Crippen molar-refractivity contribution in [2.75, 3.05) is 0 Å². The maximum Gasteiger partial charge on any atom is 0.283 e. The van der Waals surface area contributed by atoms with Gasteiger partial charge in [-0.1, -0.05) is 6.07 Å². The molecule has 0 fully saturated rings. The largest absolute Gasteiger partial charge is 0.298 e. The summed E-state index contributed by atoms with van der Waals surface area (Å²) in [5, 5.41) is 9.75. The number of hydrogen-bond donors (Lipinski definition) is 0. The Morgan fingerprint density at radius 3 is 2.60 bits per heavy atom. The van der Waals surface area contributed by atoms with Crippen molar-refractivity contribution in [3.05, 3.63) is 38.3 Å². The summed E-state index contributed by atoms with van der Waals surface area (Å²) in [6, 6.07) is 4.27. The van der Waals surface area contributed by atoms with E-state index >= 15 is 0 Å². The van der Waals surface area contributed by atoms with E-state index in [-0.39, 0.29) is 11.5 Å². The summed E-state index contributed by atoms with van der Waals surface area (Å²) < 4.78 is 0.317. The van der Waals surface area contributed by atoms with Crippen LogP contribution in [-0.4, -0.2) is 10.7 Å². The molecule has 1 aromatic carbocycles. The van der Waals surface area contributed by atoms with Gasteiger partial charge in [0.05, 0.1) is 9.40 Å². The lowest BCUT2D eigenvalue weighted by Crippen LogP contribution is -2.02. The number of nitro benzene ring substituents is 1. The number of ketones is 1. The Bertz CT molecular complexity index is 422. The third-order valence-corrected chi connectivity index (χ3v) is 3.01. The first-order chi connectivity index (χ1) is 6.93. The fourth-order valence-electron chi connectivity index (χ4n) is 1.06. The molecule has 0 aliphatic rings. The fourth-order valence-corrected chi connectivity index (χ4v) is 1.74. The number of benzene rings is 1. The van der Waals surface area contributed by atoms with Crippen LogP contribution >= 0.6 is 27.5 Å². The second-order valence-corrected chi connectivity index (χ2v) is 4.23. The number of carbonyl (C=O) groups is 1. The van der Waals surface area contributed by atoms with Gasteiger partial charge in [-0.25, -0.2) is 0 Å². The maximum atomic E-state index is 11.0. The van der Waals surface area contributed by atoms with Crippen LogP contribution in [0.2, 0.25) is 0 Å². The molecule has 0 spiro atoms. The molecule has 0 N–H and O–H groups in total. The molecule has 4 nitrogen and oxygen atoms in total. The van der Waals surface area contributed by atoms with E-state index in [4.69, 9.17) is 11.6 Å². The molecule has 1 rings (SSSR count). The summed E-state index contributed by atoms with van der Waals surface area (Å²) in [6.45, 7) is 1.37. The van der Waals surface area contributed by atoms with Gasteiger partial charge in [0.2, 0.25) is 0 Å². The molecule has 0 amide bonds. The number of nitro groups is 1. The van der Waals surface area contributed by atoms with Crippen molar-refractivity contribution < 1.29 is 9.72 Å². The van der Waals surface area contributed by atoms with Gasteiger partial charge >= 0.3 is 0 Å². The number of nitrogens with zero attached hydrogens (tertiary/aromatic N) is 1. The van der Waals surface area contributed by atoms with Gasteiger partial charge in [-0.05, 0) is 34.5 Å². The van der Waals surface area contributed by atoms with Crippen LogP contribution in [0, 0.1) is 10.1 Å². The van der Waals surface area contributed by atoms with Gasteiger partial charge in [0.1, 0.15) is 5.38 Å². The van der Waals surface area contributed by atoms with Gasteiger partial charge in [-0.15, -0.1) is 11.6 Å². The zero-order valence-corrected chi connectivity index (χ0v) is 10.1. The first kappa shape index (κ1) is 12.1. The van der Waals surface area contributed by atoms with E-state index in [0.29, 0.717) is 10.0 Å². The normalized spacial score (nSPS) is 12.2. The van der Waals surface area contributed by atoms with Crippen LogP contribution in [0.3, 0.4) is 0 Å². The summed E-state index contributed by atoms with van der Waals surface area (Å²) in [5.41, 5.74) is 0.493. The minimum Gasteiger partial charge on any atom is -0.298 e. The molecule has 15 heavy (non-hydrogen) atoms. The van der Waals surface area contributed by atoms with Crippen LogP contribution in [-0.2, 0) is 4.79 Å². The standard InChI is InChI=1S/C9H7BrClNO3/c1-5(13)9(11)6-2-3-8(12(14)15)7(10)4-6/h2-4,9H,1H3. The van der Waals surface area contributed by atoms with Crippen molar-refractivity contribution in [2.45, 2.75) is 12.3 Å². The van der Waals surface area contributed by atoms with Crippen LogP contribution in [0.5, 0.6) is 0 Å². The number of halogens is 2. The predicted molar refractivity (Wildman–Crippen MR) is 60.1 cm³/mol. The SMILES string of the molecule is CC(=O)C(Cl)c1ccc([N+](=O)[O-])c(Br)c1. The summed E-state index contributed by atoms with van der Waals surface area (Å²) >= 11 is 8.86. The second-order valence-electron chi connectivity index (χ2n) is 2.94. The first-order valence-corrected chi connectivity index (χ1v) is 5.24. The summed E-state index contributed by atoms with van der Waals surface area (Å²) in [6.07, 6.45) is 0. The van der Waals surface area contributed by atoms with E-state index in [9.17, 15) is 14.9 Å². The highest BCUT2D eigenvalue weighted by atomic mass is 79.9. The van der Waals surface area contributed by atoms with E-state index in [1.165, 1.54) is 25.1 Å². The Morgan fingerprint density at radius 1 is 1.60 bits per heavy atom. The van der Waals surface area contributed by atoms with Crippen LogP contribution in [0.15, 0.2) is 22.7 Å². The highest BCUT2D eigenvalue weighted by Crippen LogP contribution is 2.30. The lowest BCUT2D eigenvalue weighted by Gasteiger charge is -2.06. The third-order valence-electron chi connectivity index (χ3n) is 1.82. The Labute approximate surface area is 99.5 Å². The highest BCUT2D eigenvalue weighted by molar-refractivity contribution is 9.10. The number of hydrogen-bond acceptors (Lipinski definition) is 3. The molecule has 1 atom stereocenters. The third kappa shape index (κ3) is 2.76. The van der Waals surface area contributed by atoms with Gasteiger partial charge in [0, 0.05) is 6.07 Å². The number of carbonyl (C=O) groups excluding carboxylic acids is 1. The lowest BCUT2D eigenvalue weighted by atomic mass is 10.1. The Balaban J connectivity index is 3.12. The Morgan fingerprint density at radius 2 is 2.20 bits per heavy atom. The minimum absolute atomic E-state index is 0.0498. The smallest absolute Gasteiger partial charge is 0.283 e. The van der Waals surface area contributed by atoms with Crippen molar-refractivity contribution in [3.63, 3.8) is 0 Å². The number of Topliss-reactive ketones (excluding diaryl/α,β-unsaturated/α-hetero) is 1. The minimum atomic E-state index is -0.762. The summed E-state index contributed by atoms with van der Waals surface area (Å²) in [7, 11) is 0. The molecule has 1 aromatic rings. The van der Waals surface area contributed by atoms with Crippen molar-refractivity contribution in [1.29, 1.82) is 0 Å². The van der Waals surface area contributed by atoms with E-state index in [0.717, 1.165) is 0 Å². The van der Waals surface area contributed by atoms with E-state index in [1.54, 1.807) is 0 Å². The quantitative estimate of drug-likeness (QED) is 0.488. The predicted octanol–water partition coefficient (Wildman–Crippen LogP) is 3.23. The molecule has 0 saturated carbocycles. The Kier molecular flexibility index (Phi) is 3.82. The van der Waals surface area contributed by atoms with Crippen molar-refractivity contribution >= 4 is 39.0 Å². The Hall–Kier alpha value is -0.940. The van der Waals surface area contributed by atoms with Crippen LogP contribution in [0.25, 0.3) is 0 Å². The monoisotopic (exact) mass is 291 g/mol. The van der Waals surface area contributed by atoms with Crippen LogP contribution in [0.1, 0.15) is 17.9 Å². The van der Waals surface area contributed by atoms with Gasteiger partial charge < -0.3 is 0 Å². The molecule has 6 heteroatoms. The van der Waals surface area contributed by atoms with Crippen molar-refractivity contribution in [2.24, 2.45) is 0 Å². The first-order valence-electron chi connectivity index (χ1n) is 4.02. The average Bonchev–Trinajstić information content (AvgIpc) is 2.15. The molecular formula is C9H7BrClNO3. The maximum absolute atomic E-state index is 11.0. The second kappa shape index (κ2) is 4.72. The molecule has 0 aliphatic heterocycles. The molecule has 0 bridgehead atoms. The van der Waals surface area contributed by atoms with Crippen LogP contribution < -0.4 is 0 Å². The molecule has 0 radical (unpaired) electrons. The molecule has 0 heterocycles. The molecule has 1 unspecified atom stereocenters. The van der Waals surface area contributed by atoms with Gasteiger partial charge in [-0.3, -0.25) is 14.9 Å². The number of alkyl halides is 1. The molecule has 0 aliphatic carbocycles. The lowest BCUT2D eigenvalue weighted by molar-refractivity contribution is -0.385. The zero-order chi connectivity index (χ0) is 11.6. The molecule has 0 saturated heterocycles. The van der Waals surface area contributed by atoms with E-state index in [1.807, 2.05) is 0 Å². The highest BCUT2D eigenvalue weighted by Gasteiger charge is 2.17. The van der Waals surface area contributed by atoms with E-state index < -0.39 is 10.3 Å². The number of rotatable bonds is 3. The average molecular weight is 293 g/mol. The fraction of sp³-hybridized carbons (Fsp3) is 0.222. The van der Waals surface area contributed by atoms with Crippen molar-refractivity contribution in [3.8, 4) is 0 Å². The summed E-state index contributed by atoms with van der Waals surface area (Å²) in [5.74, 6) is -0.197. The van der Waals surface area contributed by atoms with Gasteiger partial charge in [-0.2, -0.15) is 0 Å². The molecule has 80 valence electrons. The van der Waals surface area contributed by atoms with Gasteiger partial charge in [0.15, 0.2) is 5.78 Å². The molecular weight excluding hydrogens is 285 g/mol. The zero-order valence-electron chi connectivity index (χ0n) is 7.74. The summed E-state index contributed by atoms with van der Waals surface area (Å²) in [4.78, 5) is 21.0. The topological polar surface area (TPSA) is 60.2 Å². The van der Waals surface area contributed by atoms with Crippen molar-refractivity contribution in [1.82, 2.24) is 0 Å². The van der Waals surface area contributed by atoms with Crippen LogP contribution in [0.4, 0.5) is 5.69 Å². The van der Waals surface area contributed by atoms with Gasteiger partial charge in [0.25, 0.3) is 5.69 Å². The van der Waals surface area contributed by atoms with E-state index in [2.05, 4.69) is 15.9 Å². The molecule has 0 aromatic heterocycles.